The molecule has 2 unspecified atom stereocenters. The molecule has 3 nitrogen and oxygen atoms in total. The summed E-state index contributed by atoms with van der Waals surface area (Å²) in [4.78, 5) is 0. The van der Waals surface area contributed by atoms with Gasteiger partial charge in [0.1, 0.15) is 0 Å². The molecule has 84 valence electrons. The first kappa shape index (κ1) is 12.5. The van der Waals surface area contributed by atoms with Crippen LogP contribution in [0.3, 0.4) is 0 Å². The minimum atomic E-state index is -0.629. The lowest BCUT2D eigenvalue weighted by Crippen LogP contribution is -2.31. The van der Waals surface area contributed by atoms with E-state index >= 15 is 0 Å². The van der Waals surface area contributed by atoms with Crippen LogP contribution in [0.4, 0.5) is 0 Å². The van der Waals surface area contributed by atoms with E-state index in [0.29, 0.717) is 5.02 Å². The fraction of sp³-hybridized carbons (Fsp3) is 0.455. The van der Waals surface area contributed by atoms with Gasteiger partial charge in [0.15, 0.2) is 0 Å². The molecule has 4 heteroatoms. The molecule has 0 aliphatic rings. The van der Waals surface area contributed by atoms with Crippen LogP contribution >= 0.6 is 11.6 Å². The lowest BCUT2D eigenvalue weighted by atomic mass is 10.0. The molecule has 1 aromatic rings. The Morgan fingerprint density at radius 1 is 1.40 bits per heavy atom. The Morgan fingerprint density at radius 2 is 2.00 bits per heavy atom. The largest absolute Gasteiger partial charge is 0.387 e. The standard InChI is InChI=1S/C11H17ClN2O/c1-14-7-6-10(13)11(15)8-2-4-9(12)5-3-8/h2-5,10-11,14-15H,6-7,13H2,1H3. The second-order valence-corrected chi connectivity index (χ2v) is 3.99. The van der Waals surface area contributed by atoms with E-state index in [0.717, 1.165) is 18.5 Å². The maximum absolute atomic E-state index is 9.91. The van der Waals surface area contributed by atoms with Gasteiger partial charge in [0.25, 0.3) is 0 Å². The zero-order chi connectivity index (χ0) is 11.3. The van der Waals surface area contributed by atoms with Crippen molar-refractivity contribution in [3.8, 4) is 0 Å². The van der Waals surface area contributed by atoms with E-state index in [1.165, 1.54) is 0 Å². The zero-order valence-electron chi connectivity index (χ0n) is 8.78. The lowest BCUT2D eigenvalue weighted by molar-refractivity contribution is 0.142. The number of nitrogens with one attached hydrogen (secondary N) is 1. The predicted octanol–water partition coefficient (Wildman–Crippen LogP) is 1.31. The van der Waals surface area contributed by atoms with E-state index in [1.807, 2.05) is 7.05 Å². The number of nitrogens with two attached hydrogens (primary N) is 1. The van der Waals surface area contributed by atoms with Crippen molar-refractivity contribution in [2.45, 2.75) is 18.6 Å². The van der Waals surface area contributed by atoms with Crippen LogP contribution in [0, 0.1) is 0 Å². The molecular weight excluding hydrogens is 212 g/mol. The average Bonchev–Trinajstić information content (AvgIpc) is 2.26. The molecule has 2 atom stereocenters. The predicted molar refractivity (Wildman–Crippen MR) is 62.9 cm³/mol. The quantitative estimate of drug-likeness (QED) is 0.712. The van der Waals surface area contributed by atoms with Crippen LogP contribution in [0.5, 0.6) is 0 Å². The molecule has 0 bridgehead atoms. The molecule has 0 saturated heterocycles. The van der Waals surface area contributed by atoms with Crippen molar-refractivity contribution in [2.75, 3.05) is 13.6 Å². The van der Waals surface area contributed by atoms with Crippen molar-refractivity contribution in [1.29, 1.82) is 0 Å². The number of rotatable bonds is 5. The number of aliphatic hydroxyl groups excluding tert-OH is 1. The van der Waals surface area contributed by atoms with E-state index < -0.39 is 6.10 Å². The second kappa shape index (κ2) is 6.08. The third-order valence-electron chi connectivity index (χ3n) is 2.34. The molecule has 0 aliphatic carbocycles. The van der Waals surface area contributed by atoms with Gasteiger partial charge in [-0.15, -0.1) is 0 Å². The summed E-state index contributed by atoms with van der Waals surface area (Å²) in [6.07, 6.45) is 0.107. The molecule has 0 amide bonds. The fourth-order valence-corrected chi connectivity index (χ4v) is 1.50. The molecule has 0 spiro atoms. The molecule has 4 N–H and O–H groups in total. The average molecular weight is 229 g/mol. The molecule has 0 aromatic heterocycles. The van der Waals surface area contributed by atoms with E-state index in [1.54, 1.807) is 24.3 Å². The highest BCUT2D eigenvalue weighted by atomic mass is 35.5. The molecule has 0 heterocycles. The minimum Gasteiger partial charge on any atom is -0.387 e. The van der Waals surface area contributed by atoms with Gasteiger partial charge in [0.2, 0.25) is 0 Å². The summed E-state index contributed by atoms with van der Waals surface area (Å²) in [5.41, 5.74) is 6.66. The monoisotopic (exact) mass is 228 g/mol. The number of halogens is 1. The van der Waals surface area contributed by atoms with Crippen LogP contribution in [-0.4, -0.2) is 24.7 Å². The van der Waals surface area contributed by atoms with Crippen LogP contribution in [0.1, 0.15) is 18.1 Å². The first-order valence-corrected chi connectivity index (χ1v) is 5.36. The lowest BCUT2D eigenvalue weighted by Gasteiger charge is -2.19. The van der Waals surface area contributed by atoms with Crippen LogP contribution in [0.15, 0.2) is 24.3 Å². The summed E-state index contributed by atoms with van der Waals surface area (Å²) in [6.45, 7) is 0.797. The molecule has 0 saturated carbocycles. The number of hydrogen-bond donors (Lipinski definition) is 3. The molecule has 0 fully saturated rings. The van der Waals surface area contributed by atoms with Gasteiger partial charge < -0.3 is 16.2 Å². The Bertz CT molecular complexity index is 289. The minimum absolute atomic E-state index is 0.251. The van der Waals surface area contributed by atoms with Crippen LogP contribution in [0.2, 0.25) is 5.02 Å². The smallest absolute Gasteiger partial charge is 0.0941 e. The van der Waals surface area contributed by atoms with Gasteiger partial charge in [-0.25, -0.2) is 0 Å². The van der Waals surface area contributed by atoms with E-state index in [4.69, 9.17) is 17.3 Å². The summed E-state index contributed by atoms with van der Waals surface area (Å²) >= 11 is 5.76. The number of benzene rings is 1. The van der Waals surface area contributed by atoms with Gasteiger partial charge in [-0.1, -0.05) is 23.7 Å². The van der Waals surface area contributed by atoms with Crippen molar-refractivity contribution in [1.82, 2.24) is 5.32 Å². The SMILES string of the molecule is CNCCC(N)C(O)c1ccc(Cl)cc1. The Kier molecular flexibility index (Phi) is 5.05. The van der Waals surface area contributed by atoms with Crippen molar-refractivity contribution >= 4 is 11.6 Å². The summed E-state index contributed by atoms with van der Waals surface area (Å²) in [7, 11) is 1.86. The van der Waals surface area contributed by atoms with Crippen molar-refractivity contribution < 1.29 is 5.11 Å². The molecule has 15 heavy (non-hydrogen) atoms. The van der Waals surface area contributed by atoms with Gasteiger partial charge in [-0.05, 0) is 37.7 Å². The third-order valence-corrected chi connectivity index (χ3v) is 2.60. The highest BCUT2D eigenvalue weighted by molar-refractivity contribution is 6.30. The number of hydrogen-bond acceptors (Lipinski definition) is 3. The fourth-order valence-electron chi connectivity index (χ4n) is 1.38. The Hall–Kier alpha value is -0.610. The second-order valence-electron chi connectivity index (χ2n) is 3.55. The van der Waals surface area contributed by atoms with Gasteiger partial charge in [-0.2, -0.15) is 0 Å². The van der Waals surface area contributed by atoms with Gasteiger partial charge in [0, 0.05) is 11.1 Å². The molecular formula is C11H17ClN2O. The third kappa shape index (κ3) is 3.80. The van der Waals surface area contributed by atoms with Crippen molar-refractivity contribution in [3.05, 3.63) is 34.9 Å². The zero-order valence-corrected chi connectivity index (χ0v) is 9.54. The van der Waals surface area contributed by atoms with Crippen molar-refractivity contribution in [3.63, 3.8) is 0 Å². The topological polar surface area (TPSA) is 58.3 Å². The highest BCUT2D eigenvalue weighted by Gasteiger charge is 2.15. The summed E-state index contributed by atoms with van der Waals surface area (Å²) in [6, 6.07) is 6.85. The Labute approximate surface area is 95.2 Å². The van der Waals surface area contributed by atoms with Crippen LogP contribution < -0.4 is 11.1 Å². The molecule has 1 aromatic carbocycles. The van der Waals surface area contributed by atoms with Crippen molar-refractivity contribution in [2.24, 2.45) is 5.73 Å². The van der Waals surface area contributed by atoms with Crippen LogP contribution in [0.25, 0.3) is 0 Å². The molecule has 1 rings (SSSR count). The van der Waals surface area contributed by atoms with E-state index in [-0.39, 0.29) is 6.04 Å². The Morgan fingerprint density at radius 3 is 2.53 bits per heavy atom. The normalized spacial score (nSPS) is 14.9. The first-order chi connectivity index (χ1) is 7.15. The molecule has 0 radical (unpaired) electrons. The summed E-state index contributed by atoms with van der Waals surface area (Å²) in [5.74, 6) is 0. The Balaban J connectivity index is 2.59. The number of aliphatic hydroxyl groups is 1. The first-order valence-electron chi connectivity index (χ1n) is 4.99. The van der Waals surface area contributed by atoms with Crippen LogP contribution in [-0.2, 0) is 0 Å². The van der Waals surface area contributed by atoms with E-state index in [9.17, 15) is 5.11 Å². The molecule has 0 aliphatic heterocycles. The van der Waals surface area contributed by atoms with Gasteiger partial charge in [0.05, 0.1) is 6.10 Å². The van der Waals surface area contributed by atoms with Gasteiger partial charge >= 0.3 is 0 Å². The van der Waals surface area contributed by atoms with E-state index in [2.05, 4.69) is 5.32 Å². The van der Waals surface area contributed by atoms with Gasteiger partial charge in [-0.3, -0.25) is 0 Å². The summed E-state index contributed by atoms with van der Waals surface area (Å²) < 4.78 is 0. The maximum Gasteiger partial charge on any atom is 0.0941 e. The summed E-state index contributed by atoms with van der Waals surface area (Å²) in [5, 5.41) is 13.6. The highest BCUT2D eigenvalue weighted by Crippen LogP contribution is 2.19. The maximum atomic E-state index is 9.91.